The van der Waals surface area contributed by atoms with Gasteiger partial charge >= 0.3 is 0 Å². The van der Waals surface area contributed by atoms with Gasteiger partial charge in [-0.2, -0.15) is 0 Å². The average molecular weight is 302 g/mol. The minimum Gasteiger partial charge on any atom is -0.325 e. The molecule has 0 fully saturated rings. The zero-order valence-electron chi connectivity index (χ0n) is 10.6. The minimum absolute atomic E-state index is 0.159. The van der Waals surface area contributed by atoms with Gasteiger partial charge in [-0.05, 0) is 43.0 Å². The van der Waals surface area contributed by atoms with Crippen LogP contribution in [0.2, 0.25) is 0 Å². The molecule has 0 aliphatic carbocycles. The molecule has 0 heterocycles. The zero-order valence-corrected chi connectivity index (χ0v) is 12.2. The molecule has 96 valence electrons. The lowest BCUT2D eigenvalue weighted by Crippen LogP contribution is -2.41. The van der Waals surface area contributed by atoms with Gasteiger partial charge in [0, 0.05) is 10.0 Å². The molecule has 0 aliphatic heterocycles. The van der Waals surface area contributed by atoms with Crippen LogP contribution in [0.5, 0.6) is 0 Å². The van der Waals surface area contributed by atoms with E-state index in [0.29, 0.717) is 12.0 Å². The van der Waals surface area contributed by atoms with Crippen molar-refractivity contribution in [1.82, 2.24) is 0 Å². The highest BCUT2D eigenvalue weighted by atomic mass is 79.9. The first-order valence-corrected chi connectivity index (χ1v) is 7.03. The number of hydrogen-bond donors (Lipinski definition) is 1. The highest BCUT2D eigenvalue weighted by molar-refractivity contribution is 9.10. The van der Waals surface area contributed by atoms with Crippen molar-refractivity contribution in [1.29, 1.82) is 0 Å². The van der Waals surface area contributed by atoms with Crippen molar-refractivity contribution in [2.75, 3.05) is 0 Å². The standard InChI is InChI=1S/C14H21BrFN/c1-3-5-8-14(17,4-2)10-11-9-12(15)6-7-13(11)16/h6-7,9H,3-5,8,10,17H2,1-2H3. The van der Waals surface area contributed by atoms with E-state index in [1.165, 1.54) is 6.07 Å². The van der Waals surface area contributed by atoms with E-state index in [1.54, 1.807) is 6.07 Å². The molecule has 0 aliphatic rings. The zero-order chi connectivity index (χ0) is 12.9. The average Bonchev–Trinajstić information content (AvgIpc) is 2.31. The SMILES string of the molecule is CCCCC(N)(CC)Cc1cc(Br)ccc1F. The van der Waals surface area contributed by atoms with E-state index in [2.05, 4.69) is 29.8 Å². The first-order chi connectivity index (χ1) is 8.00. The van der Waals surface area contributed by atoms with Gasteiger partial charge in [0.15, 0.2) is 0 Å². The molecule has 1 nitrogen and oxygen atoms in total. The molecular weight excluding hydrogens is 281 g/mol. The molecule has 0 amide bonds. The Morgan fingerprint density at radius 2 is 2.06 bits per heavy atom. The molecule has 0 bridgehead atoms. The molecule has 17 heavy (non-hydrogen) atoms. The molecular formula is C14H21BrFN. The van der Waals surface area contributed by atoms with Crippen LogP contribution >= 0.6 is 15.9 Å². The van der Waals surface area contributed by atoms with E-state index in [0.717, 1.165) is 30.2 Å². The van der Waals surface area contributed by atoms with Crippen molar-refractivity contribution in [2.45, 2.75) is 51.5 Å². The van der Waals surface area contributed by atoms with Crippen molar-refractivity contribution in [3.63, 3.8) is 0 Å². The summed E-state index contributed by atoms with van der Waals surface area (Å²) in [5.74, 6) is -0.159. The fourth-order valence-corrected chi connectivity index (χ4v) is 2.39. The van der Waals surface area contributed by atoms with Crippen LogP contribution in [0.15, 0.2) is 22.7 Å². The highest BCUT2D eigenvalue weighted by Crippen LogP contribution is 2.24. The molecule has 1 aromatic carbocycles. The lowest BCUT2D eigenvalue weighted by atomic mass is 9.84. The predicted molar refractivity (Wildman–Crippen MR) is 74.5 cm³/mol. The van der Waals surface area contributed by atoms with Crippen LogP contribution in [-0.2, 0) is 6.42 Å². The maximum absolute atomic E-state index is 13.7. The van der Waals surface area contributed by atoms with Gasteiger partial charge in [-0.15, -0.1) is 0 Å². The number of halogens is 2. The molecule has 0 saturated heterocycles. The van der Waals surface area contributed by atoms with Gasteiger partial charge in [0.25, 0.3) is 0 Å². The fraction of sp³-hybridized carbons (Fsp3) is 0.571. The Bertz CT molecular complexity index is 367. The van der Waals surface area contributed by atoms with Crippen LogP contribution in [-0.4, -0.2) is 5.54 Å². The van der Waals surface area contributed by atoms with E-state index < -0.39 is 0 Å². The molecule has 0 aromatic heterocycles. The Balaban J connectivity index is 2.82. The summed E-state index contributed by atoms with van der Waals surface area (Å²) < 4.78 is 14.6. The van der Waals surface area contributed by atoms with Crippen LogP contribution < -0.4 is 5.73 Å². The second-order valence-electron chi connectivity index (χ2n) is 4.73. The van der Waals surface area contributed by atoms with Gasteiger partial charge in [-0.3, -0.25) is 0 Å². The second-order valence-corrected chi connectivity index (χ2v) is 5.65. The first kappa shape index (κ1) is 14.7. The third-order valence-corrected chi connectivity index (χ3v) is 3.78. The van der Waals surface area contributed by atoms with Gasteiger partial charge in [0.05, 0.1) is 0 Å². The minimum atomic E-state index is -0.280. The maximum Gasteiger partial charge on any atom is 0.126 e. The summed E-state index contributed by atoms with van der Waals surface area (Å²) in [6, 6.07) is 5.04. The quantitative estimate of drug-likeness (QED) is 0.826. The van der Waals surface area contributed by atoms with Crippen LogP contribution in [0, 0.1) is 5.82 Å². The lowest BCUT2D eigenvalue weighted by molar-refractivity contribution is 0.360. The Hall–Kier alpha value is -0.410. The Morgan fingerprint density at radius 1 is 1.35 bits per heavy atom. The third kappa shape index (κ3) is 4.40. The summed E-state index contributed by atoms with van der Waals surface area (Å²) in [7, 11) is 0. The number of benzene rings is 1. The molecule has 1 unspecified atom stereocenters. The van der Waals surface area contributed by atoms with E-state index in [4.69, 9.17) is 5.73 Å². The van der Waals surface area contributed by atoms with Crippen molar-refractivity contribution in [3.05, 3.63) is 34.1 Å². The Morgan fingerprint density at radius 3 is 2.65 bits per heavy atom. The van der Waals surface area contributed by atoms with Gasteiger partial charge in [-0.25, -0.2) is 4.39 Å². The van der Waals surface area contributed by atoms with Crippen LogP contribution in [0.25, 0.3) is 0 Å². The highest BCUT2D eigenvalue weighted by Gasteiger charge is 2.23. The molecule has 3 heteroatoms. The van der Waals surface area contributed by atoms with Crippen molar-refractivity contribution in [3.8, 4) is 0 Å². The Kier molecular flexibility index (Phi) is 5.60. The van der Waals surface area contributed by atoms with Gasteiger partial charge in [-0.1, -0.05) is 42.6 Å². The molecule has 0 spiro atoms. The smallest absolute Gasteiger partial charge is 0.126 e. The molecule has 1 atom stereocenters. The Labute approximate surface area is 112 Å². The molecule has 0 saturated carbocycles. The van der Waals surface area contributed by atoms with E-state index in [-0.39, 0.29) is 11.4 Å². The monoisotopic (exact) mass is 301 g/mol. The molecule has 0 radical (unpaired) electrons. The summed E-state index contributed by atoms with van der Waals surface area (Å²) >= 11 is 3.37. The van der Waals surface area contributed by atoms with Gasteiger partial charge in [0.1, 0.15) is 5.82 Å². The normalized spacial score (nSPS) is 14.6. The topological polar surface area (TPSA) is 26.0 Å². The third-order valence-electron chi connectivity index (χ3n) is 3.28. The number of hydrogen-bond acceptors (Lipinski definition) is 1. The molecule has 1 aromatic rings. The summed E-state index contributed by atoms with van der Waals surface area (Å²) in [4.78, 5) is 0. The van der Waals surface area contributed by atoms with Crippen LogP contribution in [0.1, 0.15) is 45.1 Å². The summed E-state index contributed by atoms with van der Waals surface area (Å²) in [6.07, 6.45) is 4.65. The lowest BCUT2D eigenvalue weighted by Gasteiger charge is -2.28. The second kappa shape index (κ2) is 6.50. The van der Waals surface area contributed by atoms with Crippen molar-refractivity contribution in [2.24, 2.45) is 5.73 Å². The van der Waals surface area contributed by atoms with E-state index >= 15 is 0 Å². The van der Waals surface area contributed by atoms with Gasteiger partial charge in [0.2, 0.25) is 0 Å². The summed E-state index contributed by atoms with van der Waals surface area (Å²) in [5, 5.41) is 0. The summed E-state index contributed by atoms with van der Waals surface area (Å²) in [6.45, 7) is 4.22. The summed E-state index contributed by atoms with van der Waals surface area (Å²) in [5.41, 5.74) is 6.78. The van der Waals surface area contributed by atoms with Crippen LogP contribution in [0.4, 0.5) is 4.39 Å². The van der Waals surface area contributed by atoms with Crippen molar-refractivity contribution < 1.29 is 4.39 Å². The van der Waals surface area contributed by atoms with Gasteiger partial charge < -0.3 is 5.73 Å². The fourth-order valence-electron chi connectivity index (χ4n) is 1.98. The first-order valence-electron chi connectivity index (χ1n) is 6.23. The number of unbranched alkanes of at least 4 members (excludes halogenated alkanes) is 1. The number of rotatable bonds is 6. The number of nitrogens with two attached hydrogens (primary N) is 1. The maximum atomic E-state index is 13.7. The van der Waals surface area contributed by atoms with E-state index in [9.17, 15) is 4.39 Å². The van der Waals surface area contributed by atoms with E-state index in [1.807, 2.05) is 6.07 Å². The molecule has 1 rings (SSSR count). The van der Waals surface area contributed by atoms with Crippen molar-refractivity contribution >= 4 is 15.9 Å². The van der Waals surface area contributed by atoms with Crippen LogP contribution in [0.3, 0.4) is 0 Å². The largest absolute Gasteiger partial charge is 0.325 e. The predicted octanol–water partition coefficient (Wildman–Crippen LogP) is 4.43. The molecule has 2 N–H and O–H groups in total.